The van der Waals surface area contributed by atoms with Gasteiger partial charge in [-0.25, -0.2) is 0 Å². The molecule has 0 atom stereocenters. The Balaban J connectivity index is 1.41. The highest BCUT2D eigenvalue weighted by atomic mass is 15.3. The van der Waals surface area contributed by atoms with E-state index in [1.165, 1.54) is 29.8 Å². The Bertz CT molecular complexity index is 613. The van der Waals surface area contributed by atoms with Crippen LogP contribution in [0.2, 0.25) is 0 Å². The number of hydrogen-bond donors (Lipinski definition) is 1. The number of benzene rings is 2. The first kappa shape index (κ1) is 15.9. The molecule has 1 aliphatic rings. The molecule has 1 heterocycles. The highest BCUT2D eigenvalue weighted by Gasteiger charge is 2.16. The number of nitrogens with zero attached hydrogens (tertiary/aromatic N) is 2. The standard InChI is InChI=1S/C20H27N3/c1-17-4-2-6-20(16-17)23-14-12-22(13-15-23)11-3-5-18-7-9-19(21)10-8-18/h2,4,6-10,16H,3,5,11-15,21H2,1H3. The Labute approximate surface area is 139 Å². The monoisotopic (exact) mass is 309 g/mol. The summed E-state index contributed by atoms with van der Waals surface area (Å²) in [5.74, 6) is 0. The smallest absolute Gasteiger partial charge is 0.0369 e. The van der Waals surface area contributed by atoms with E-state index in [-0.39, 0.29) is 0 Å². The van der Waals surface area contributed by atoms with E-state index < -0.39 is 0 Å². The zero-order valence-corrected chi connectivity index (χ0v) is 14.0. The maximum atomic E-state index is 5.73. The fourth-order valence-electron chi connectivity index (χ4n) is 3.25. The first-order valence-electron chi connectivity index (χ1n) is 8.59. The Kier molecular flexibility index (Phi) is 5.19. The fourth-order valence-corrected chi connectivity index (χ4v) is 3.25. The van der Waals surface area contributed by atoms with Gasteiger partial charge in [-0.3, -0.25) is 4.90 Å². The number of piperazine rings is 1. The molecule has 1 saturated heterocycles. The van der Waals surface area contributed by atoms with Gasteiger partial charge in [0.2, 0.25) is 0 Å². The Morgan fingerprint density at radius 2 is 1.70 bits per heavy atom. The molecule has 3 rings (SSSR count). The Morgan fingerprint density at radius 1 is 0.957 bits per heavy atom. The van der Waals surface area contributed by atoms with Gasteiger partial charge in [-0.1, -0.05) is 24.3 Å². The van der Waals surface area contributed by atoms with Gasteiger partial charge >= 0.3 is 0 Å². The molecular weight excluding hydrogens is 282 g/mol. The van der Waals surface area contributed by atoms with Crippen LogP contribution in [0, 0.1) is 6.92 Å². The van der Waals surface area contributed by atoms with Crippen LogP contribution in [0.5, 0.6) is 0 Å². The summed E-state index contributed by atoms with van der Waals surface area (Å²) in [6.07, 6.45) is 2.35. The molecule has 3 heteroatoms. The Hall–Kier alpha value is -2.00. The number of aryl methyl sites for hydroxylation is 2. The van der Waals surface area contributed by atoms with Crippen LogP contribution >= 0.6 is 0 Å². The van der Waals surface area contributed by atoms with Crippen molar-refractivity contribution < 1.29 is 0 Å². The van der Waals surface area contributed by atoms with E-state index in [0.29, 0.717) is 0 Å². The fraction of sp³-hybridized carbons (Fsp3) is 0.400. The molecule has 1 fully saturated rings. The minimum absolute atomic E-state index is 0.848. The van der Waals surface area contributed by atoms with E-state index in [1.807, 2.05) is 12.1 Å². The van der Waals surface area contributed by atoms with Crippen LogP contribution in [-0.4, -0.2) is 37.6 Å². The highest BCUT2D eigenvalue weighted by Crippen LogP contribution is 2.18. The van der Waals surface area contributed by atoms with Crippen molar-refractivity contribution in [1.82, 2.24) is 4.90 Å². The van der Waals surface area contributed by atoms with Crippen molar-refractivity contribution in [2.24, 2.45) is 0 Å². The van der Waals surface area contributed by atoms with Gasteiger partial charge in [0.1, 0.15) is 0 Å². The second kappa shape index (κ2) is 7.51. The normalized spacial score (nSPS) is 15.8. The highest BCUT2D eigenvalue weighted by molar-refractivity contribution is 5.48. The molecule has 0 unspecified atom stereocenters. The average molecular weight is 309 g/mol. The van der Waals surface area contributed by atoms with Gasteiger partial charge in [-0.05, 0) is 61.7 Å². The van der Waals surface area contributed by atoms with E-state index in [4.69, 9.17) is 5.73 Å². The Morgan fingerprint density at radius 3 is 2.39 bits per heavy atom. The summed E-state index contributed by atoms with van der Waals surface area (Å²) in [5, 5.41) is 0. The molecular formula is C20H27N3. The molecule has 0 saturated carbocycles. The summed E-state index contributed by atoms with van der Waals surface area (Å²) in [6, 6.07) is 17.1. The summed E-state index contributed by atoms with van der Waals surface area (Å²) in [5.41, 5.74) is 10.7. The van der Waals surface area contributed by atoms with Gasteiger partial charge in [-0.2, -0.15) is 0 Å². The first-order valence-corrected chi connectivity index (χ1v) is 8.59. The molecule has 2 aromatic carbocycles. The molecule has 0 amide bonds. The van der Waals surface area contributed by atoms with E-state index in [2.05, 4.69) is 53.1 Å². The lowest BCUT2D eigenvalue weighted by Crippen LogP contribution is -2.46. The minimum Gasteiger partial charge on any atom is -0.399 e. The van der Waals surface area contributed by atoms with Crippen molar-refractivity contribution >= 4 is 11.4 Å². The zero-order valence-electron chi connectivity index (χ0n) is 14.0. The SMILES string of the molecule is Cc1cccc(N2CCN(CCCc3ccc(N)cc3)CC2)c1. The molecule has 0 aliphatic carbocycles. The molecule has 0 bridgehead atoms. The zero-order chi connectivity index (χ0) is 16.1. The topological polar surface area (TPSA) is 32.5 Å². The lowest BCUT2D eigenvalue weighted by atomic mass is 10.1. The van der Waals surface area contributed by atoms with Crippen LogP contribution in [0.15, 0.2) is 48.5 Å². The summed E-state index contributed by atoms with van der Waals surface area (Å²) in [7, 11) is 0. The van der Waals surface area contributed by atoms with Crippen molar-refractivity contribution in [2.75, 3.05) is 43.4 Å². The average Bonchev–Trinajstić information content (AvgIpc) is 2.57. The van der Waals surface area contributed by atoms with Gasteiger partial charge in [-0.15, -0.1) is 0 Å². The third kappa shape index (κ3) is 4.49. The van der Waals surface area contributed by atoms with E-state index in [9.17, 15) is 0 Å². The quantitative estimate of drug-likeness (QED) is 0.860. The van der Waals surface area contributed by atoms with Crippen LogP contribution in [-0.2, 0) is 6.42 Å². The molecule has 23 heavy (non-hydrogen) atoms. The molecule has 0 spiro atoms. The molecule has 0 radical (unpaired) electrons. The van der Waals surface area contributed by atoms with E-state index >= 15 is 0 Å². The number of rotatable bonds is 5. The van der Waals surface area contributed by atoms with Crippen molar-refractivity contribution in [3.8, 4) is 0 Å². The maximum Gasteiger partial charge on any atom is 0.0369 e. The van der Waals surface area contributed by atoms with Crippen LogP contribution < -0.4 is 10.6 Å². The van der Waals surface area contributed by atoms with Crippen molar-refractivity contribution in [1.29, 1.82) is 0 Å². The predicted molar refractivity (Wildman–Crippen MR) is 99.0 cm³/mol. The molecule has 1 aliphatic heterocycles. The largest absolute Gasteiger partial charge is 0.399 e. The van der Waals surface area contributed by atoms with Crippen LogP contribution in [0.1, 0.15) is 17.5 Å². The molecule has 2 N–H and O–H groups in total. The van der Waals surface area contributed by atoms with Gasteiger partial charge in [0.15, 0.2) is 0 Å². The minimum atomic E-state index is 0.848. The maximum absolute atomic E-state index is 5.73. The van der Waals surface area contributed by atoms with Crippen molar-refractivity contribution in [3.63, 3.8) is 0 Å². The van der Waals surface area contributed by atoms with Crippen LogP contribution in [0.3, 0.4) is 0 Å². The first-order chi connectivity index (χ1) is 11.2. The van der Waals surface area contributed by atoms with Crippen LogP contribution in [0.25, 0.3) is 0 Å². The van der Waals surface area contributed by atoms with E-state index in [1.54, 1.807) is 0 Å². The van der Waals surface area contributed by atoms with Gasteiger partial charge in [0, 0.05) is 37.6 Å². The predicted octanol–water partition coefficient (Wildman–Crippen LogP) is 3.33. The summed E-state index contributed by atoms with van der Waals surface area (Å²) in [6.45, 7) is 7.94. The third-order valence-corrected chi connectivity index (χ3v) is 4.66. The lowest BCUT2D eigenvalue weighted by molar-refractivity contribution is 0.255. The van der Waals surface area contributed by atoms with Crippen LogP contribution in [0.4, 0.5) is 11.4 Å². The second-order valence-corrected chi connectivity index (χ2v) is 6.51. The van der Waals surface area contributed by atoms with Gasteiger partial charge in [0.25, 0.3) is 0 Å². The van der Waals surface area contributed by atoms with Crippen molar-refractivity contribution in [3.05, 3.63) is 59.7 Å². The third-order valence-electron chi connectivity index (χ3n) is 4.66. The van der Waals surface area contributed by atoms with Crippen molar-refractivity contribution in [2.45, 2.75) is 19.8 Å². The number of hydrogen-bond acceptors (Lipinski definition) is 3. The molecule has 122 valence electrons. The number of nitrogen functional groups attached to an aromatic ring is 1. The number of nitrogens with two attached hydrogens (primary N) is 1. The summed E-state index contributed by atoms with van der Waals surface area (Å²) < 4.78 is 0. The summed E-state index contributed by atoms with van der Waals surface area (Å²) >= 11 is 0. The molecule has 2 aromatic rings. The molecule has 0 aromatic heterocycles. The lowest BCUT2D eigenvalue weighted by Gasteiger charge is -2.36. The van der Waals surface area contributed by atoms with E-state index in [0.717, 1.165) is 38.3 Å². The molecule has 3 nitrogen and oxygen atoms in total. The second-order valence-electron chi connectivity index (χ2n) is 6.51. The van der Waals surface area contributed by atoms with Gasteiger partial charge < -0.3 is 10.6 Å². The number of anilines is 2. The summed E-state index contributed by atoms with van der Waals surface area (Å²) in [4.78, 5) is 5.09. The van der Waals surface area contributed by atoms with Gasteiger partial charge in [0.05, 0.1) is 0 Å².